The molecule has 3 fully saturated rings. The minimum absolute atomic E-state index is 0.0170. The number of hydrogen-bond donors (Lipinski definition) is 2. The maximum absolute atomic E-state index is 13.5. The lowest BCUT2D eigenvalue weighted by Gasteiger charge is -2.52. The smallest absolute Gasteiger partial charge is 0.338 e. The number of benzene rings is 2. The van der Waals surface area contributed by atoms with Crippen LogP contribution in [0.5, 0.6) is 23.0 Å². The highest BCUT2D eigenvalue weighted by Gasteiger charge is 2.54. The molecule has 0 bridgehead atoms. The van der Waals surface area contributed by atoms with E-state index in [0.717, 1.165) is 37.2 Å². The number of esters is 2. The average Bonchev–Trinajstić information content (AvgIpc) is 3.95. The number of methoxy groups -OCH3 is 6. The summed E-state index contributed by atoms with van der Waals surface area (Å²) in [5.74, 6) is 0.441. The van der Waals surface area contributed by atoms with E-state index in [4.69, 9.17) is 33.2 Å². The van der Waals surface area contributed by atoms with Gasteiger partial charge in [-0.1, -0.05) is 0 Å². The van der Waals surface area contributed by atoms with Crippen LogP contribution in [0.25, 0.3) is 10.9 Å². The van der Waals surface area contributed by atoms with Crippen molar-refractivity contribution in [3.63, 3.8) is 0 Å². The van der Waals surface area contributed by atoms with E-state index in [0.29, 0.717) is 23.7 Å². The fourth-order valence-corrected chi connectivity index (χ4v) is 7.76. The number of aromatic amines is 1. The van der Waals surface area contributed by atoms with Crippen molar-refractivity contribution in [1.29, 1.82) is 0 Å². The molecule has 2 N–H and O–H groups in total. The van der Waals surface area contributed by atoms with Gasteiger partial charge in [-0.05, 0) is 60.9 Å². The molecule has 3 aliphatic heterocycles. The molecule has 0 spiro atoms. The number of fused-ring (bicyclic) bond motifs is 6. The molecule has 1 aliphatic carbocycles. The van der Waals surface area contributed by atoms with Gasteiger partial charge in [0.15, 0.2) is 11.5 Å². The Morgan fingerprint density at radius 2 is 1.62 bits per heavy atom. The highest BCUT2D eigenvalue weighted by Crippen LogP contribution is 2.51. The Morgan fingerprint density at radius 3 is 2.21 bits per heavy atom. The van der Waals surface area contributed by atoms with Crippen molar-refractivity contribution >= 4 is 22.8 Å². The lowest BCUT2D eigenvalue weighted by Crippen LogP contribution is -2.58. The first kappa shape index (κ1) is 32.9. The third-order valence-electron chi connectivity index (χ3n) is 10.0. The van der Waals surface area contributed by atoms with Crippen LogP contribution >= 0.6 is 0 Å². The van der Waals surface area contributed by atoms with Crippen LogP contribution in [0, 0.1) is 17.8 Å². The summed E-state index contributed by atoms with van der Waals surface area (Å²) in [5.41, 5.74) is 3.83. The Bertz CT molecular complexity index is 1580. The molecule has 1 aromatic heterocycles. The number of hydrogen-bond acceptors (Lipinski definition) is 11. The average molecular weight is 652 g/mol. The van der Waals surface area contributed by atoms with Crippen LogP contribution in [0.3, 0.4) is 0 Å². The van der Waals surface area contributed by atoms with E-state index in [1.165, 1.54) is 58.2 Å². The van der Waals surface area contributed by atoms with Gasteiger partial charge in [-0.15, -0.1) is 0 Å². The molecular formula is C35H45N3O9. The summed E-state index contributed by atoms with van der Waals surface area (Å²) in [7, 11) is 9.10. The maximum atomic E-state index is 13.5. The fraction of sp³-hybridized carbons (Fsp3) is 0.543. The second-order valence-electron chi connectivity index (χ2n) is 12.4. The van der Waals surface area contributed by atoms with Gasteiger partial charge >= 0.3 is 11.9 Å². The van der Waals surface area contributed by atoms with Crippen molar-refractivity contribution in [3.8, 4) is 23.0 Å². The molecule has 0 amide bonds. The molecule has 12 heteroatoms. The van der Waals surface area contributed by atoms with Crippen LogP contribution in [0.15, 0.2) is 30.3 Å². The normalized spacial score (nSPS) is 26.0. The molecule has 3 aromatic rings. The Balaban J connectivity index is 0.00000122. The summed E-state index contributed by atoms with van der Waals surface area (Å²) in [4.78, 5) is 33.1. The SMILES string of the molecule is C1CN1.COC(=O)[C@H]1[C@H]2C[C@@H]3c4[nH]c5cc(OC)ccc5c4CCN3C[C@H]2C[C@@H](OC(=O)c2cc(OC)c(OC)c(OC)c2)[C@@H]1OC. The number of aromatic nitrogens is 1. The third-order valence-corrected chi connectivity index (χ3v) is 10.0. The number of rotatable bonds is 8. The minimum atomic E-state index is -0.670. The molecule has 7 rings (SSSR count). The molecule has 4 heterocycles. The Hall–Kier alpha value is -4.00. The summed E-state index contributed by atoms with van der Waals surface area (Å²) in [6, 6.07) is 9.40. The van der Waals surface area contributed by atoms with E-state index >= 15 is 0 Å². The zero-order valence-electron chi connectivity index (χ0n) is 27.9. The lowest BCUT2D eigenvalue weighted by molar-refractivity contribution is -0.176. The molecular weight excluding hydrogens is 606 g/mol. The van der Waals surface area contributed by atoms with Gasteiger partial charge in [0.2, 0.25) is 5.75 Å². The van der Waals surface area contributed by atoms with Crippen LogP contribution < -0.4 is 24.3 Å². The molecule has 47 heavy (non-hydrogen) atoms. The second-order valence-corrected chi connectivity index (χ2v) is 12.4. The first-order valence-electron chi connectivity index (χ1n) is 16.1. The van der Waals surface area contributed by atoms with Crippen LogP contribution in [0.1, 0.15) is 40.5 Å². The topological polar surface area (TPSA) is 140 Å². The number of nitrogens with zero attached hydrogens (tertiary/aromatic N) is 1. The molecule has 0 unspecified atom stereocenters. The highest BCUT2D eigenvalue weighted by atomic mass is 16.6. The molecule has 6 atom stereocenters. The molecule has 2 saturated heterocycles. The summed E-state index contributed by atoms with van der Waals surface area (Å²) in [6.07, 6.45) is 0.920. The monoisotopic (exact) mass is 651 g/mol. The van der Waals surface area contributed by atoms with E-state index in [-0.39, 0.29) is 29.4 Å². The lowest BCUT2D eigenvalue weighted by atomic mass is 9.63. The number of carbonyl (C=O) groups is 2. The number of carbonyl (C=O) groups excluding carboxylic acids is 2. The zero-order valence-corrected chi connectivity index (χ0v) is 27.9. The Morgan fingerprint density at radius 1 is 0.894 bits per heavy atom. The number of nitrogens with one attached hydrogen (secondary N) is 2. The second kappa shape index (κ2) is 14.0. The predicted molar refractivity (Wildman–Crippen MR) is 174 cm³/mol. The van der Waals surface area contributed by atoms with E-state index in [2.05, 4.69) is 21.3 Å². The van der Waals surface area contributed by atoms with Gasteiger partial charge in [0.05, 0.1) is 53.1 Å². The predicted octanol–water partition coefficient (Wildman–Crippen LogP) is 3.76. The van der Waals surface area contributed by atoms with Gasteiger partial charge in [-0.2, -0.15) is 0 Å². The van der Waals surface area contributed by atoms with Crippen molar-refractivity contribution in [1.82, 2.24) is 15.2 Å². The van der Waals surface area contributed by atoms with Crippen LogP contribution in [-0.4, -0.2) is 103 Å². The largest absolute Gasteiger partial charge is 0.497 e. The number of H-pyrrole nitrogens is 1. The van der Waals surface area contributed by atoms with Gasteiger partial charge in [-0.3, -0.25) is 9.69 Å². The summed E-state index contributed by atoms with van der Waals surface area (Å²) >= 11 is 0. The van der Waals surface area contributed by atoms with E-state index in [1.807, 2.05) is 12.1 Å². The highest BCUT2D eigenvalue weighted by molar-refractivity contribution is 5.91. The molecule has 1 saturated carbocycles. The molecule has 0 radical (unpaired) electrons. The summed E-state index contributed by atoms with van der Waals surface area (Å²) in [6.45, 7) is 4.18. The standard InChI is InChI=1S/C33H40N2O9.C2H5N/c1-38-19-7-8-20-21-9-10-35-16-18-13-27(44-32(36)17-11-25(39-2)30(41-4)26(12-17)40-3)31(42-5)28(33(37)43-6)22(18)15-24(35)29(21)34-23(20)14-19;1-2-3-1/h7-8,11-12,14,18,22,24,27-28,31,34H,9-10,13,15-16H2,1-6H3;3H,1-2H2/t18-,22+,24-,27-,28+,31+;/m1./s1. The van der Waals surface area contributed by atoms with Gasteiger partial charge in [0, 0.05) is 56.0 Å². The van der Waals surface area contributed by atoms with Crippen LogP contribution in [0.2, 0.25) is 0 Å². The van der Waals surface area contributed by atoms with Crippen molar-refractivity contribution in [3.05, 3.63) is 47.2 Å². The fourth-order valence-electron chi connectivity index (χ4n) is 7.76. The number of piperidine rings is 1. The van der Waals surface area contributed by atoms with E-state index in [9.17, 15) is 9.59 Å². The Labute approximate surface area is 274 Å². The van der Waals surface area contributed by atoms with Crippen molar-refractivity contribution in [2.75, 3.05) is 68.8 Å². The van der Waals surface area contributed by atoms with Crippen LogP contribution in [0.4, 0.5) is 0 Å². The molecule has 12 nitrogen and oxygen atoms in total. The van der Waals surface area contributed by atoms with Crippen LogP contribution in [-0.2, 0) is 25.4 Å². The van der Waals surface area contributed by atoms with Gasteiger partial charge in [-0.25, -0.2) is 4.79 Å². The molecule has 4 aliphatic rings. The quantitative estimate of drug-likeness (QED) is 0.272. The first-order chi connectivity index (χ1) is 22.8. The van der Waals surface area contributed by atoms with Gasteiger partial charge < -0.3 is 43.5 Å². The van der Waals surface area contributed by atoms with Gasteiger partial charge in [0.1, 0.15) is 18.0 Å². The molecule has 254 valence electrons. The van der Waals surface area contributed by atoms with Crippen molar-refractivity contribution < 1.29 is 42.7 Å². The van der Waals surface area contributed by atoms with Gasteiger partial charge in [0.25, 0.3) is 0 Å². The maximum Gasteiger partial charge on any atom is 0.338 e. The minimum Gasteiger partial charge on any atom is -0.497 e. The Kier molecular flexibility index (Phi) is 9.81. The van der Waals surface area contributed by atoms with E-state index < -0.39 is 24.1 Å². The summed E-state index contributed by atoms with van der Waals surface area (Å²) in [5, 5.41) is 4.21. The van der Waals surface area contributed by atoms with Crippen molar-refractivity contribution in [2.45, 2.75) is 37.5 Å². The van der Waals surface area contributed by atoms with Crippen molar-refractivity contribution in [2.24, 2.45) is 17.8 Å². The van der Waals surface area contributed by atoms with E-state index in [1.54, 1.807) is 26.4 Å². The zero-order chi connectivity index (χ0) is 33.2. The first-order valence-corrected chi connectivity index (χ1v) is 16.1. The number of ether oxygens (including phenoxy) is 7. The third kappa shape index (κ3) is 6.33. The summed E-state index contributed by atoms with van der Waals surface area (Å²) < 4.78 is 39.1. The molecule has 2 aromatic carbocycles.